The predicted molar refractivity (Wildman–Crippen MR) is 47.3 cm³/mol. The molecule has 0 aliphatic carbocycles. The fourth-order valence-electron chi connectivity index (χ4n) is 1.96. The molecule has 0 amide bonds. The molecule has 0 saturated carbocycles. The minimum absolute atomic E-state index is 0. The van der Waals surface area contributed by atoms with E-state index in [1.807, 2.05) is 0 Å². The third-order valence-electron chi connectivity index (χ3n) is 2.42. The third kappa shape index (κ3) is 3.43. The topological polar surface area (TPSA) is 9.23 Å². The third-order valence-corrected chi connectivity index (χ3v) is 2.42. The number of hydrogen-bond acceptors (Lipinski definition) is 1. The van der Waals surface area contributed by atoms with Crippen LogP contribution in [0.3, 0.4) is 0 Å². The van der Waals surface area contributed by atoms with E-state index in [4.69, 9.17) is 4.74 Å². The summed E-state index contributed by atoms with van der Waals surface area (Å²) in [4.78, 5) is 0. The summed E-state index contributed by atoms with van der Waals surface area (Å²) in [5.74, 6) is 0.731. The standard InChI is InChI=1S/C10H19O.Y/c1-4-10(8-9(2)3)6-5-7-11-10;/h9H,1,4-8H2,2-3H3;/q-1;. The Bertz CT molecular complexity index is 117. The first-order valence-electron chi connectivity index (χ1n) is 4.62. The zero-order valence-electron chi connectivity index (χ0n) is 8.31. The molecule has 1 heterocycles. The molecule has 1 nitrogen and oxygen atoms in total. The van der Waals surface area contributed by atoms with Crippen molar-refractivity contribution in [3.05, 3.63) is 6.92 Å². The van der Waals surface area contributed by atoms with Gasteiger partial charge in [0.2, 0.25) is 0 Å². The van der Waals surface area contributed by atoms with Gasteiger partial charge in [-0.1, -0.05) is 13.8 Å². The molecular formula is C10H19OY-. The molecule has 1 radical (unpaired) electrons. The Kier molecular flexibility index (Phi) is 6.23. The Morgan fingerprint density at radius 3 is 2.50 bits per heavy atom. The van der Waals surface area contributed by atoms with Gasteiger partial charge in [-0.3, -0.25) is 0 Å². The fraction of sp³-hybridized carbons (Fsp3) is 0.900. The van der Waals surface area contributed by atoms with E-state index in [9.17, 15) is 0 Å². The second-order valence-corrected chi connectivity index (χ2v) is 3.98. The molecule has 1 aliphatic heterocycles. The van der Waals surface area contributed by atoms with Crippen molar-refractivity contribution in [1.29, 1.82) is 0 Å². The van der Waals surface area contributed by atoms with Crippen molar-refractivity contribution in [3.8, 4) is 0 Å². The summed E-state index contributed by atoms with van der Waals surface area (Å²) >= 11 is 0. The van der Waals surface area contributed by atoms with E-state index in [0.29, 0.717) is 0 Å². The van der Waals surface area contributed by atoms with Crippen LogP contribution in [0.5, 0.6) is 0 Å². The molecule has 1 unspecified atom stereocenters. The Labute approximate surface area is 102 Å². The van der Waals surface area contributed by atoms with E-state index in [0.717, 1.165) is 18.9 Å². The van der Waals surface area contributed by atoms with E-state index < -0.39 is 0 Å². The van der Waals surface area contributed by atoms with Crippen LogP contribution in [0.2, 0.25) is 0 Å². The van der Waals surface area contributed by atoms with Gasteiger partial charge in [-0.15, -0.1) is 0 Å². The first-order chi connectivity index (χ1) is 5.18. The smallest absolute Gasteiger partial charge is 0.0473 e. The van der Waals surface area contributed by atoms with Crippen molar-refractivity contribution in [3.63, 3.8) is 0 Å². The van der Waals surface area contributed by atoms with Gasteiger partial charge in [0, 0.05) is 44.9 Å². The minimum Gasteiger partial charge on any atom is -0.378 e. The molecule has 1 rings (SSSR count). The van der Waals surface area contributed by atoms with Gasteiger partial charge in [0.1, 0.15) is 0 Å². The van der Waals surface area contributed by atoms with Crippen LogP contribution >= 0.6 is 0 Å². The monoisotopic (exact) mass is 244 g/mol. The molecule has 0 bridgehead atoms. The van der Waals surface area contributed by atoms with Crippen molar-refractivity contribution in [2.24, 2.45) is 5.92 Å². The molecule has 69 valence electrons. The van der Waals surface area contributed by atoms with Gasteiger partial charge >= 0.3 is 0 Å². The van der Waals surface area contributed by atoms with E-state index >= 15 is 0 Å². The van der Waals surface area contributed by atoms with Crippen LogP contribution in [-0.4, -0.2) is 12.2 Å². The second kappa shape index (κ2) is 5.72. The summed E-state index contributed by atoms with van der Waals surface area (Å²) in [5.41, 5.74) is 0.147. The van der Waals surface area contributed by atoms with E-state index in [2.05, 4.69) is 20.8 Å². The summed E-state index contributed by atoms with van der Waals surface area (Å²) in [5, 5.41) is 0. The summed E-state index contributed by atoms with van der Waals surface area (Å²) < 4.78 is 5.74. The van der Waals surface area contributed by atoms with Gasteiger partial charge in [-0.2, -0.15) is 6.42 Å². The minimum atomic E-state index is 0. The van der Waals surface area contributed by atoms with Crippen LogP contribution in [0.25, 0.3) is 0 Å². The van der Waals surface area contributed by atoms with Crippen LogP contribution in [-0.2, 0) is 37.4 Å². The Morgan fingerprint density at radius 2 is 2.17 bits per heavy atom. The summed E-state index contributed by atoms with van der Waals surface area (Å²) in [6.45, 7) is 9.41. The van der Waals surface area contributed by atoms with E-state index in [1.54, 1.807) is 0 Å². The molecule has 0 N–H and O–H groups in total. The SMILES string of the molecule is [CH2-]CC1(CC(C)C)CCCO1.[Y]. The molecule has 0 aromatic heterocycles. The largest absolute Gasteiger partial charge is 0.378 e. The quantitative estimate of drug-likeness (QED) is 0.693. The van der Waals surface area contributed by atoms with E-state index in [1.165, 1.54) is 19.3 Å². The second-order valence-electron chi connectivity index (χ2n) is 3.98. The molecule has 12 heavy (non-hydrogen) atoms. The zero-order chi connectivity index (χ0) is 8.32. The Morgan fingerprint density at radius 1 is 1.50 bits per heavy atom. The van der Waals surface area contributed by atoms with Gasteiger partial charge in [0.25, 0.3) is 0 Å². The number of rotatable bonds is 3. The molecule has 2 heteroatoms. The summed E-state index contributed by atoms with van der Waals surface area (Å²) in [6, 6.07) is 0. The Balaban J connectivity index is 0.00000121. The maximum atomic E-state index is 5.74. The maximum Gasteiger partial charge on any atom is 0.0473 e. The van der Waals surface area contributed by atoms with Crippen molar-refractivity contribution in [1.82, 2.24) is 0 Å². The molecule has 0 aromatic carbocycles. The summed E-state index contributed by atoms with van der Waals surface area (Å²) in [7, 11) is 0. The summed E-state index contributed by atoms with van der Waals surface area (Å²) in [6.07, 6.45) is 4.55. The molecule has 1 fully saturated rings. The molecule has 0 aromatic rings. The average Bonchev–Trinajstić information content (AvgIpc) is 2.36. The van der Waals surface area contributed by atoms with Crippen molar-refractivity contribution in [2.75, 3.05) is 6.61 Å². The average molecular weight is 244 g/mol. The maximum absolute atomic E-state index is 5.74. The van der Waals surface area contributed by atoms with Gasteiger partial charge in [0.05, 0.1) is 0 Å². The molecule has 1 aliphatic rings. The first kappa shape index (κ1) is 13.1. The number of hydrogen-bond donors (Lipinski definition) is 0. The van der Waals surface area contributed by atoms with Gasteiger partial charge in [-0.05, 0) is 25.2 Å². The van der Waals surface area contributed by atoms with Crippen LogP contribution in [0.1, 0.15) is 39.5 Å². The molecule has 1 atom stereocenters. The van der Waals surface area contributed by atoms with Crippen molar-refractivity contribution in [2.45, 2.75) is 45.1 Å². The fourth-order valence-corrected chi connectivity index (χ4v) is 1.96. The molecular weight excluding hydrogens is 225 g/mol. The Hall–Kier alpha value is 1.06. The predicted octanol–water partition coefficient (Wildman–Crippen LogP) is 2.80. The molecule has 0 spiro atoms. The number of ether oxygens (including phenoxy) is 1. The zero-order valence-corrected chi connectivity index (χ0v) is 11.1. The van der Waals surface area contributed by atoms with Crippen LogP contribution in [0, 0.1) is 12.8 Å². The van der Waals surface area contributed by atoms with Crippen molar-refractivity contribution < 1.29 is 37.4 Å². The van der Waals surface area contributed by atoms with Crippen LogP contribution in [0.4, 0.5) is 0 Å². The van der Waals surface area contributed by atoms with Crippen LogP contribution < -0.4 is 0 Å². The van der Waals surface area contributed by atoms with Gasteiger partial charge < -0.3 is 11.7 Å². The first-order valence-corrected chi connectivity index (χ1v) is 4.62. The van der Waals surface area contributed by atoms with Crippen molar-refractivity contribution >= 4 is 0 Å². The van der Waals surface area contributed by atoms with Crippen LogP contribution in [0.15, 0.2) is 0 Å². The normalized spacial score (nSPS) is 29.0. The van der Waals surface area contributed by atoms with Gasteiger partial charge in [-0.25, -0.2) is 0 Å². The van der Waals surface area contributed by atoms with E-state index in [-0.39, 0.29) is 38.3 Å². The molecule has 1 saturated heterocycles. The van der Waals surface area contributed by atoms with Gasteiger partial charge in [0.15, 0.2) is 0 Å².